The Morgan fingerprint density at radius 2 is 1.59 bits per heavy atom. The second kappa shape index (κ2) is 8.37. The van der Waals surface area contributed by atoms with Crippen LogP contribution in [0.5, 0.6) is 0 Å². The van der Waals surface area contributed by atoms with E-state index in [0.717, 1.165) is 54.1 Å². The molecule has 1 fully saturated rings. The molecule has 1 N–H and O–H groups in total. The molecule has 1 amide bonds. The van der Waals surface area contributed by atoms with Crippen LogP contribution in [0.25, 0.3) is 21.8 Å². The summed E-state index contributed by atoms with van der Waals surface area (Å²) in [5, 5.41) is 13.9. The highest BCUT2D eigenvalue weighted by Crippen LogP contribution is 2.32. The maximum Gasteiger partial charge on any atom is 0.255 e. The van der Waals surface area contributed by atoms with Gasteiger partial charge in [-0.1, -0.05) is 18.2 Å². The number of carbonyl (C=O) groups is 1. The first kappa shape index (κ1) is 20.1. The van der Waals surface area contributed by atoms with Crippen molar-refractivity contribution in [1.29, 1.82) is 0 Å². The SMILES string of the molecule is CC(C)NC(=O)c1c(N2CCN(c3ncccn3)CC2)ccc2c1nnc1ccccc12. The van der Waals surface area contributed by atoms with Crippen LogP contribution in [-0.2, 0) is 0 Å². The molecule has 0 saturated carbocycles. The lowest BCUT2D eigenvalue weighted by atomic mass is 10.0. The summed E-state index contributed by atoms with van der Waals surface area (Å²) in [5.74, 6) is 0.611. The third-order valence-corrected chi connectivity index (χ3v) is 5.71. The quantitative estimate of drug-likeness (QED) is 0.501. The molecule has 5 rings (SSSR count). The van der Waals surface area contributed by atoms with Crippen LogP contribution in [0.1, 0.15) is 24.2 Å². The lowest BCUT2D eigenvalue weighted by Gasteiger charge is -2.37. The van der Waals surface area contributed by atoms with Crippen molar-refractivity contribution in [1.82, 2.24) is 25.5 Å². The summed E-state index contributed by atoms with van der Waals surface area (Å²) in [5.41, 5.74) is 2.92. The fraction of sp³-hybridized carbons (Fsp3) is 0.292. The molecular weight excluding hydrogens is 402 g/mol. The highest BCUT2D eigenvalue weighted by molar-refractivity contribution is 6.15. The minimum atomic E-state index is -0.126. The molecule has 3 heterocycles. The van der Waals surface area contributed by atoms with E-state index in [0.29, 0.717) is 11.1 Å². The van der Waals surface area contributed by atoms with E-state index in [9.17, 15) is 4.79 Å². The summed E-state index contributed by atoms with van der Waals surface area (Å²) in [6.07, 6.45) is 3.52. The zero-order chi connectivity index (χ0) is 22.1. The van der Waals surface area contributed by atoms with Crippen LogP contribution in [-0.4, -0.2) is 58.3 Å². The number of piperazine rings is 1. The van der Waals surface area contributed by atoms with Crippen molar-refractivity contribution in [2.45, 2.75) is 19.9 Å². The van der Waals surface area contributed by atoms with Gasteiger partial charge in [0.15, 0.2) is 0 Å². The Labute approximate surface area is 186 Å². The minimum Gasteiger partial charge on any atom is -0.367 e. The number of rotatable bonds is 4. The molecule has 0 spiro atoms. The maximum atomic E-state index is 13.3. The van der Waals surface area contributed by atoms with Gasteiger partial charge in [0, 0.05) is 55.4 Å². The van der Waals surface area contributed by atoms with Crippen molar-refractivity contribution in [2.75, 3.05) is 36.0 Å². The Morgan fingerprint density at radius 1 is 0.875 bits per heavy atom. The summed E-state index contributed by atoms with van der Waals surface area (Å²) >= 11 is 0. The molecule has 8 nitrogen and oxygen atoms in total. The van der Waals surface area contributed by atoms with Crippen molar-refractivity contribution in [2.24, 2.45) is 0 Å². The molecule has 1 saturated heterocycles. The fourth-order valence-electron chi connectivity index (χ4n) is 4.22. The second-order valence-corrected chi connectivity index (χ2v) is 8.22. The van der Waals surface area contributed by atoms with Crippen molar-refractivity contribution < 1.29 is 4.79 Å². The van der Waals surface area contributed by atoms with Crippen LogP contribution in [0.2, 0.25) is 0 Å². The highest BCUT2D eigenvalue weighted by Gasteiger charge is 2.26. The van der Waals surface area contributed by atoms with Gasteiger partial charge in [0.05, 0.1) is 16.8 Å². The molecule has 4 aromatic rings. The lowest BCUT2D eigenvalue weighted by molar-refractivity contribution is 0.0945. The Morgan fingerprint density at radius 3 is 2.34 bits per heavy atom. The number of benzene rings is 2. The fourth-order valence-corrected chi connectivity index (χ4v) is 4.22. The molecule has 0 radical (unpaired) electrons. The number of hydrogen-bond acceptors (Lipinski definition) is 7. The van der Waals surface area contributed by atoms with E-state index >= 15 is 0 Å². The summed E-state index contributed by atoms with van der Waals surface area (Å²) in [7, 11) is 0. The number of nitrogens with one attached hydrogen (secondary N) is 1. The van der Waals surface area contributed by atoms with E-state index in [2.05, 4.69) is 41.3 Å². The van der Waals surface area contributed by atoms with E-state index in [4.69, 9.17) is 0 Å². The van der Waals surface area contributed by atoms with Crippen molar-refractivity contribution in [3.8, 4) is 0 Å². The Bertz CT molecular complexity index is 1270. The standard InChI is InChI=1S/C24H25N7O/c1-16(2)27-23(32)21-20(30-12-14-31(15-13-30)24-25-10-5-11-26-24)9-8-18-17-6-3-4-7-19(17)28-29-22(18)21/h3-11,16H,12-15H2,1-2H3,(H,27,32). The average molecular weight is 428 g/mol. The summed E-state index contributed by atoms with van der Waals surface area (Å²) in [4.78, 5) is 26.4. The zero-order valence-electron chi connectivity index (χ0n) is 18.2. The maximum absolute atomic E-state index is 13.3. The average Bonchev–Trinajstić information content (AvgIpc) is 2.83. The number of aromatic nitrogens is 4. The normalized spacial score (nSPS) is 14.3. The second-order valence-electron chi connectivity index (χ2n) is 8.22. The molecule has 0 atom stereocenters. The summed E-state index contributed by atoms with van der Waals surface area (Å²) in [6, 6.07) is 13.8. The molecular formula is C24H25N7O. The number of anilines is 2. The predicted octanol–water partition coefficient (Wildman–Crippen LogP) is 3.04. The molecule has 32 heavy (non-hydrogen) atoms. The number of fused-ring (bicyclic) bond motifs is 3. The van der Waals surface area contributed by atoms with Gasteiger partial charge in [0.1, 0.15) is 5.52 Å². The van der Waals surface area contributed by atoms with Gasteiger partial charge in [-0.05, 0) is 38.1 Å². The molecule has 8 heteroatoms. The molecule has 1 aliphatic heterocycles. The van der Waals surface area contributed by atoms with Crippen molar-refractivity contribution in [3.05, 3.63) is 60.4 Å². The van der Waals surface area contributed by atoms with Gasteiger partial charge in [0.2, 0.25) is 5.95 Å². The van der Waals surface area contributed by atoms with Crippen LogP contribution < -0.4 is 15.1 Å². The zero-order valence-corrected chi connectivity index (χ0v) is 18.2. The molecule has 2 aromatic heterocycles. The first-order chi connectivity index (χ1) is 15.6. The molecule has 162 valence electrons. The molecule has 0 bridgehead atoms. The Balaban J connectivity index is 1.55. The first-order valence-corrected chi connectivity index (χ1v) is 10.9. The molecule has 0 aliphatic carbocycles. The third-order valence-electron chi connectivity index (χ3n) is 5.71. The van der Waals surface area contributed by atoms with Crippen LogP contribution in [0.15, 0.2) is 54.9 Å². The van der Waals surface area contributed by atoms with E-state index in [1.165, 1.54) is 0 Å². The minimum absolute atomic E-state index is 0.0195. The number of carbonyl (C=O) groups excluding carboxylic acids is 1. The molecule has 0 unspecified atom stereocenters. The lowest BCUT2D eigenvalue weighted by Crippen LogP contribution is -2.47. The number of nitrogens with zero attached hydrogens (tertiary/aromatic N) is 6. The van der Waals surface area contributed by atoms with Crippen LogP contribution >= 0.6 is 0 Å². The van der Waals surface area contributed by atoms with Gasteiger partial charge in [-0.15, -0.1) is 10.2 Å². The van der Waals surface area contributed by atoms with E-state index in [-0.39, 0.29) is 11.9 Å². The molecule has 1 aliphatic rings. The van der Waals surface area contributed by atoms with E-state index in [1.54, 1.807) is 12.4 Å². The van der Waals surface area contributed by atoms with Gasteiger partial charge in [-0.2, -0.15) is 0 Å². The van der Waals surface area contributed by atoms with E-state index in [1.807, 2.05) is 50.2 Å². The van der Waals surface area contributed by atoms with Crippen LogP contribution in [0.4, 0.5) is 11.6 Å². The van der Waals surface area contributed by atoms with Gasteiger partial charge in [-0.25, -0.2) is 9.97 Å². The highest BCUT2D eigenvalue weighted by atomic mass is 16.1. The number of hydrogen-bond donors (Lipinski definition) is 1. The predicted molar refractivity (Wildman–Crippen MR) is 126 cm³/mol. The van der Waals surface area contributed by atoms with Crippen molar-refractivity contribution in [3.63, 3.8) is 0 Å². The van der Waals surface area contributed by atoms with Gasteiger partial charge >= 0.3 is 0 Å². The van der Waals surface area contributed by atoms with Crippen LogP contribution in [0, 0.1) is 0 Å². The monoisotopic (exact) mass is 427 g/mol. The summed E-state index contributed by atoms with van der Waals surface area (Å²) in [6.45, 7) is 6.98. The third kappa shape index (κ3) is 3.68. The number of amides is 1. The smallest absolute Gasteiger partial charge is 0.255 e. The molecule has 2 aromatic carbocycles. The Kier molecular flexibility index (Phi) is 5.26. The van der Waals surface area contributed by atoms with E-state index < -0.39 is 0 Å². The van der Waals surface area contributed by atoms with Gasteiger partial charge in [-0.3, -0.25) is 4.79 Å². The van der Waals surface area contributed by atoms with Crippen LogP contribution in [0.3, 0.4) is 0 Å². The van der Waals surface area contributed by atoms with Gasteiger partial charge < -0.3 is 15.1 Å². The van der Waals surface area contributed by atoms with Gasteiger partial charge in [0.25, 0.3) is 5.91 Å². The van der Waals surface area contributed by atoms with Crippen molar-refractivity contribution >= 4 is 39.3 Å². The topological polar surface area (TPSA) is 87.1 Å². The Hall–Kier alpha value is -3.81. The largest absolute Gasteiger partial charge is 0.367 e. The first-order valence-electron chi connectivity index (χ1n) is 10.9. The summed E-state index contributed by atoms with van der Waals surface area (Å²) < 4.78 is 0.